The van der Waals surface area contributed by atoms with Crippen molar-refractivity contribution in [2.45, 2.75) is 46.2 Å². The number of amides is 1. The van der Waals surface area contributed by atoms with Crippen LogP contribution in [0.5, 0.6) is 5.75 Å². The van der Waals surface area contributed by atoms with E-state index in [0.717, 1.165) is 28.9 Å². The van der Waals surface area contributed by atoms with Gasteiger partial charge in [-0.25, -0.2) is 13.8 Å². The average Bonchev–Trinajstić information content (AvgIpc) is 2.85. The Labute approximate surface area is 216 Å². The third-order valence-electron chi connectivity index (χ3n) is 6.76. The lowest BCUT2D eigenvalue weighted by Crippen LogP contribution is -2.46. The fraction of sp³-hybridized carbons (Fsp3) is 0.310. The van der Waals surface area contributed by atoms with Gasteiger partial charge >= 0.3 is 0 Å². The average molecular weight is 507 g/mol. The smallest absolute Gasteiger partial charge is 0.250 e. The van der Waals surface area contributed by atoms with Crippen LogP contribution in [0.2, 0.25) is 0 Å². The first kappa shape index (κ1) is 26.3. The molecular formula is C29H32F2N4O2. The molecule has 194 valence electrons. The van der Waals surface area contributed by atoms with E-state index in [9.17, 15) is 18.7 Å². The fourth-order valence-corrected chi connectivity index (χ4v) is 4.79. The Hall–Kier alpha value is -3.78. The number of aryl methyl sites for hydroxylation is 3. The summed E-state index contributed by atoms with van der Waals surface area (Å²) in [6, 6.07) is 10.2. The predicted molar refractivity (Wildman–Crippen MR) is 143 cm³/mol. The second-order valence-electron chi connectivity index (χ2n) is 9.77. The van der Waals surface area contributed by atoms with Crippen molar-refractivity contribution in [3.8, 4) is 16.9 Å². The van der Waals surface area contributed by atoms with Crippen molar-refractivity contribution < 1.29 is 18.7 Å². The van der Waals surface area contributed by atoms with Crippen LogP contribution in [0.3, 0.4) is 0 Å². The second kappa shape index (κ2) is 10.3. The van der Waals surface area contributed by atoms with Gasteiger partial charge in [0.25, 0.3) is 0 Å². The van der Waals surface area contributed by atoms with Crippen molar-refractivity contribution in [2.24, 2.45) is 10.7 Å². The molecule has 3 aromatic carbocycles. The van der Waals surface area contributed by atoms with Gasteiger partial charge in [0.2, 0.25) is 5.91 Å². The normalized spacial score (nSPS) is 15.5. The maximum Gasteiger partial charge on any atom is 0.250 e. The van der Waals surface area contributed by atoms with Gasteiger partial charge in [-0.1, -0.05) is 13.0 Å². The highest BCUT2D eigenvalue weighted by molar-refractivity contribution is 5.99. The molecule has 2 atom stereocenters. The fourth-order valence-electron chi connectivity index (χ4n) is 4.79. The van der Waals surface area contributed by atoms with Crippen LogP contribution in [0.4, 0.5) is 20.2 Å². The summed E-state index contributed by atoms with van der Waals surface area (Å²) in [6.07, 6.45) is 2.34. The van der Waals surface area contributed by atoms with Gasteiger partial charge in [-0.3, -0.25) is 4.79 Å². The van der Waals surface area contributed by atoms with Crippen LogP contribution >= 0.6 is 0 Å². The first-order valence-electron chi connectivity index (χ1n) is 12.2. The minimum absolute atomic E-state index is 0.190. The molecule has 4 rings (SSSR count). The first-order valence-corrected chi connectivity index (χ1v) is 12.2. The van der Waals surface area contributed by atoms with Gasteiger partial charge in [0.05, 0.1) is 17.6 Å². The Morgan fingerprint density at radius 3 is 2.46 bits per heavy atom. The summed E-state index contributed by atoms with van der Waals surface area (Å²) in [7, 11) is 1.70. The Balaban J connectivity index is 1.92. The Kier molecular flexibility index (Phi) is 7.32. The zero-order valence-corrected chi connectivity index (χ0v) is 21.7. The molecule has 0 bridgehead atoms. The van der Waals surface area contributed by atoms with E-state index < -0.39 is 23.4 Å². The molecule has 0 aromatic heterocycles. The number of carbonyl (C=O) groups excluding carboxylic acids is 1. The predicted octanol–water partition coefficient (Wildman–Crippen LogP) is 5.68. The molecule has 1 heterocycles. The largest absolute Gasteiger partial charge is 0.505 e. The summed E-state index contributed by atoms with van der Waals surface area (Å²) in [5.74, 6) is -2.73. The number of hydrogen-bond acceptors (Lipinski definition) is 5. The van der Waals surface area contributed by atoms with Crippen LogP contribution in [0, 0.1) is 32.4 Å². The van der Waals surface area contributed by atoms with Crippen molar-refractivity contribution in [3.05, 3.63) is 76.4 Å². The van der Waals surface area contributed by atoms with Crippen molar-refractivity contribution in [1.82, 2.24) is 4.90 Å². The summed E-state index contributed by atoms with van der Waals surface area (Å²) < 4.78 is 29.8. The number of aromatic hydroxyl groups is 1. The van der Waals surface area contributed by atoms with Gasteiger partial charge < -0.3 is 20.6 Å². The molecule has 0 radical (unpaired) electrons. The van der Waals surface area contributed by atoms with Crippen molar-refractivity contribution in [1.29, 1.82) is 0 Å². The van der Waals surface area contributed by atoms with Crippen molar-refractivity contribution >= 4 is 23.6 Å². The Bertz CT molecular complexity index is 1370. The SMILES string of the molecule is CC[C@H](N)CN(C)C(=O)C1c2cc(-c3c(F)ccc(O)c3F)c(C)cc2N=CN1c1cc(C)cc(C)c1. The first-order chi connectivity index (χ1) is 17.5. The lowest BCUT2D eigenvalue weighted by Gasteiger charge is -2.36. The van der Waals surface area contributed by atoms with Crippen LogP contribution < -0.4 is 10.6 Å². The van der Waals surface area contributed by atoms with E-state index in [1.807, 2.05) is 39.0 Å². The number of nitrogens with two attached hydrogens (primary N) is 1. The van der Waals surface area contributed by atoms with Crippen LogP contribution in [-0.2, 0) is 4.79 Å². The molecule has 8 heteroatoms. The highest BCUT2D eigenvalue weighted by atomic mass is 19.1. The summed E-state index contributed by atoms with van der Waals surface area (Å²) in [5, 5.41) is 9.93. The third kappa shape index (κ3) is 5.06. The zero-order valence-electron chi connectivity index (χ0n) is 21.7. The molecule has 0 fully saturated rings. The minimum Gasteiger partial charge on any atom is -0.505 e. The van der Waals surface area contributed by atoms with Crippen molar-refractivity contribution in [2.75, 3.05) is 18.5 Å². The van der Waals surface area contributed by atoms with Gasteiger partial charge in [0.1, 0.15) is 11.9 Å². The van der Waals surface area contributed by atoms with Gasteiger partial charge in [-0.2, -0.15) is 0 Å². The lowest BCUT2D eigenvalue weighted by molar-refractivity contribution is -0.131. The highest BCUT2D eigenvalue weighted by Crippen LogP contribution is 2.42. The molecule has 1 amide bonds. The number of hydrogen-bond donors (Lipinski definition) is 2. The number of rotatable bonds is 6. The molecule has 0 saturated heterocycles. The van der Waals surface area contributed by atoms with E-state index in [0.29, 0.717) is 29.8 Å². The topological polar surface area (TPSA) is 82.2 Å². The number of phenolic OH excluding ortho intramolecular Hbond substituents is 1. The number of halogens is 2. The molecule has 3 N–H and O–H groups in total. The van der Waals surface area contributed by atoms with E-state index in [1.165, 1.54) is 0 Å². The molecule has 6 nitrogen and oxygen atoms in total. The number of phenols is 1. The second-order valence-corrected chi connectivity index (χ2v) is 9.77. The van der Waals surface area contributed by atoms with E-state index in [1.54, 1.807) is 42.2 Å². The number of fused-ring (bicyclic) bond motifs is 1. The molecule has 3 aromatic rings. The number of carbonyl (C=O) groups is 1. The quantitative estimate of drug-likeness (QED) is 0.451. The van der Waals surface area contributed by atoms with Crippen LogP contribution in [-0.4, -0.2) is 41.9 Å². The van der Waals surface area contributed by atoms with Crippen molar-refractivity contribution in [3.63, 3.8) is 0 Å². The highest BCUT2D eigenvalue weighted by Gasteiger charge is 2.35. The standard InChI is InChI=1S/C29H32F2N4O2/c1-6-19(32)14-34(5)29(37)28-22-13-21(26-23(30)7-8-25(36)27(26)31)18(4)12-24(22)33-15-35(28)20-10-16(2)9-17(3)11-20/h7-13,15,19,28,36H,6,14,32H2,1-5H3/t19-,28?/m0/s1. The molecule has 37 heavy (non-hydrogen) atoms. The third-order valence-corrected chi connectivity index (χ3v) is 6.76. The molecule has 1 unspecified atom stereocenters. The van der Waals surface area contributed by atoms with Gasteiger partial charge in [-0.15, -0.1) is 0 Å². The maximum absolute atomic E-state index is 14.9. The molecule has 0 aliphatic carbocycles. The maximum atomic E-state index is 14.9. The van der Waals surface area contributed by atoms with Gasteiger partial charge in [-0.05, 0) is 85.8 Å². The van der Waals surface area contributed by atoms with Gasteiger partial charge in [0, 0.05) is 30.9 Å². The minimum atomic E-state index is -1.05. The van der Waals surface area contributed by atoms with Crippen LogP contribution in [0.1, 0.15) is 41.6 Å². The van der Waals surface area contributed by atoms with E-state index in [4.69, 9.17) is 5.73 Å². The van der Waals surface area contributed by atoms with Gasteiger partial charge in [0.15, 0.2) is 11.6 Å². The van der Waals surface area contributed by atoms with E-state index >= 15 is 0 Å². The lowest BCUT2D eigenvalue weighted by atomic mass is 9.91. The summed E-state index contributed by atoms with van der Waals surface area (Å²) in [6.45, 7) is 7.98. The number of benzene rings is 3. The number of likely N-dealkylation sites (N-methyl/N-ethyl adjacent to an activating group) is 1. The Morgan fingerprint density at radius 2 is 1.81 bits per heavy atom. The molecular weight excluding hydrogens is 474 g/mol. The number of nitrogens with zero attached hydrogens (tertiary/aromatic N) is 3. The number of aliphatic imine (C=N–C) groups is 1. The number of anilines is 1. The van der Waals surface area contributed by atoms with Crippen LogP contribution in [0.15, 0.2) is 47.5 Å². The van der Waals surface area contributed by atoms with E-state index in [2.05, 4.69) is 4.99 Å². The molecule has 0 saturated carbocycles. The molecule has 0 spiro atoms. The Morgan fingerprint density at radius 1 is 1.14 bits per heavy atom. The molecule has 1 aliphatic heterocycles. The summed E-state index contributed by atoms with van der Waals surface area (Å²) in [5.41, 5.74) is 10.5. The summed E-state index contributed by atoms with van der Waals surface area (Å²) >= 11 is 0. The monoisotopic (exact) mass is 506 g/mol. The molecule has 1 aliphatic rings. The van der Waals surface area contributed by atoms with E-state index in [-0.39, 0.29) is 23.1 Å². The zero-order chi connectivity index (χ0) is 27.0. The van der Waals surface area contributed by atoms with Crippen LogP contribution in [0.25, 0.3) is 11.1 Å². The summed E-state index contributed by atoms with van der Waals surface area (Å²) in [4.78, 5) is 21.9.